The van der Waals surface area contributed by atoms with E-state index in [0.29, 0.717) is 11.8 Å². The van der Waals surface area contributed by atoms with E-state index >= 15 is 0 Å². The van der Waals surface area contributed by atoms with Crippen LogP contribution in [-0.2, 0) is 4.79 Å². The quantitative estimate of drug-likeness (QED) is 0.609. The number of hydrogen-bond donors (Lipinski definition) is 3. The summed E-state index contributed by atoms with van der Waals surface area (Å²) in [5.74, 6) is 1.07. The Morgan fingerprint density at radius 1 is 0.929 bits per heavy atom. The van der Waals surface area contributed by atoms with E-state index in [0.717, 1.165) is 22.8 Å². The first-order chi connectivity index (χ1) is 13.3. The number of pyridine rings is 1. The zero-order valence-corrected chi connectivity index (χ0v) is 16.4. The molecule has 3 N–H and O–H groups in total. The van der Waals surface area contributed by atoms with Gasteiger partial charge in [-0.3, -0.25) is 9.78 Å². The van der Waals surface area contributed by atoms with Gasteiger partial charge in [0.25, 0.3) is 0 Å². The van der Waals surface area contributed by atoms with Crippen molar-refractivity contribution in [2.45, 2.75) is 33.2 Å². The van der Waals surface area contributed by atoms with Crippen LogP contribution in [0.3, 0.4) is 0 Å². The van der Waals surface area contributed by atoms with Crippen LogP contribution in [0.15, 0.2) is 54.7 Å². The molecule has 2 aromatic heterocycles. The minimum absolute atomic E-state index is 0.102. The van der Waals surface area contributed by atoms with Crippen molar-refractivity contribution >= 4 is 29.0 Å². The van der Waals surface area contributed by atoms with Gasteiger partial charge >= 0.3 is 0 Å². The monoisotopic (exact) mass is 376 g/mol. The molecule has 0 unspecified atom stereocenters. The highest BCUT2D eigenvalue weighted by atomic mass is 16.1. The molecule has 0 fully saturated rings. The molecule has 3 aromatic rings. The van der Waals surface area contributed by atoms with E-state index in [1.54, 1.807) is 6.20 Å². The Morgan fingerprint density at radius 3 is 2.25 bits per heavy atom. The molecule has 2 heterocycles. The number of nitrogens with one attached hydrogen (secondary N) is 3. The van der Waals surface area contributed by atoms with E-state index in [4.69, 9.17) is 0 Å². The van der Waals surface area contributed by atoms with E-state index in [-0.39, 0.29) is 11.4 Å². The normalized spacial score (nSPS) is 11.0. The number of amides is 1. The van der Waals surface area contributed by atoms with Crippen molar-refractivity contribution in [1.29, 1.82) is 0 Å². The first kappa shape index (κ1) is 19.3. The number of aromatic nitrogens is 3. The SMILES string of the molecule is CC(=O)Nc1ccc(Nc2cc(-c3ccccn3)nc(NC(C)(C)C)n2)cc1. The van der Waals surface area contributed by atoms with Crippen molar-refractivity contribution < 1.29 is 4.79 Å². The number of anilines is 4. The van der Waals surface area contributed by atoms with Crippen LogP contribution in [0.4, 0.5) is 23.1 Å². The van der Waals surface area contributed by atoms with E-state index in [1.165, 1.54) is 6.92 Å². The van der Waals surface area contributed by atoms with Crippen molar-refractivity contribution in [1.82, 2.24) is 15.0 Å². The number of nitrogens with zero attached hydrogens (tertiary/aromatic N) is 3. The zero-order chi connectivity index (χ0) is 20.1. The minimum atomic E-state index is -0.181. The van der Waals surface area contributed by atoms with Crippen LogP contribution >= 0.6 is 0 Å². The lowest BCUT2D eigenvalue weighted by molar-refractivity contribution is -0.114. The Morgan fingerprint density at radius 2 is 1.64 bits per heavy atom. The van der Waals surface area contributed by atoms with E-state index < -0.39 is 0 Å². The van der Waals surface area contributed by atoms with Crippen LogP contribution in [0.25, 0.3) is 11.4 Å². The van der Waals surface area contributed by atoms with Gasteiger partial charge in [-0.05, 0) is 57.2 Å². The third kappa shape index (κ3) is 5.51. The van der Waals surface area contributed by atoms with Crippen molar-refractivity contribution in [3.8, 4) is 11.4 Å². The molecule has 0 saturated carbocycles. The Bertz CT molecular complexity index is 949. The average molecular weight is 376 g/mol. The summed E-state index contributed by atoms with van der Waals surface area (Å²) in [5, 5.41) is 9.35. The Labute approximate surface area is 164 Å². The molecule has 0 bridgehead atoms. The van der Waals surface area contributed by atoms with Gasteiger partial charge in [-0.2, -0.15) is 4.98 Å². The average Bonchev–Trinajstić information content (AvgIpc) is 2.62. The van der Waals surface area contributed by atoms with Gasteiger partial charge in [0.1, 0.15) is 5.82 Å². The zero-order valence-electron chi connectivity index (χ0n) is 16.4. The standard InChI is InChI=1S/C21H24N6O/c1-14(28)23-15-8-10-16(11-9-15)24-19-13-18(17-7-5-6-12-22-17)25-20(26-19)27-21(2,3)4/h5-13H,1-4H3,(H,23,28)(H2,24,25,26,27). The van der Waals surface area contributed by atoms with Crippen molar-refractivity contribution in [3.05, 3.63) is 54.7 Å². The third-order valence-corrected chi connectivity index (χ3v) is 3.62. The van der Waals surface area contributed by atoms with Gasteiger partial charge in [0.15, 0.2) is 0 Å². The van der Waals surface area contributed by atoms with Crippen molar-refractivity contribution in [2.24, 2.45) is 0 Å². The van der Waals surface area contributed by atoms with Crippen LogP contribution in [0.5, 0.6) is 0 Å². The molecular formula is C21H24N6O. The maximum Gasteiger partial charge on any atom is 0.225 e. The largest absolute Gasteiger partial charge is 0.350 e. The third-order valence-electron chi connectivity index (χ3n) is 3.62. The highest BCUT2D eigenvalue weighted by Crippen LogP contribution is 2.24. The maximum atomic E-state index is 11.2. The van der Waals surface area contributed by atoms with Crippen LogP contribution in [0.1, 0.15) is 27.7 Å². The molecule has 28 heavy (non-hydrogen) atoms. The highest BCUT2D eigenvalue weighted by Gasteiger charge is 2.14. The molecule has 0 aliphatic heterocycles. The van der Waals surface area contributed by atoms with E-state index in [1.807, 2.05) is 48.5 Å². The van der Waals surface area contributed by atoms with Crippen LogP contribution in [0.2, 0.25) is 0 Å². The summed E-state index contributed by atoms with van der Waals surface area (Å²) in [6.07, 6.45) is 1.74. The number of hydrogen-bond acceptors (Lipinski definition) is 6. The summed E-state index contributed by atoms with van der Waals surface area (Å²) in [5.41, 5.74) is 2.90. The summed E-state index contributed by atoms with van der Waals surface area (Å²) in [7, 11) is 0. The molecule has 0 radical (unpaired) electrons. The molecule has 0 atom stereocenters. The minimum Gasteiger partial charge on any atom is -0.350 e. The lowest BCUT2D eigenvalue weighted by atomic mass is 10.1. The molecule has 7 nitrogen and oxygen atoms in total. The first-order valence-corrected chi connectivity index (χ1v) is 9.02. The second-order valence-corrected chi connectivity index (χ2v) is 7.44. The predicted octanol–water partition coefficient (Wildman–Crippen LogP) is 4.45. The summed E-state index contributed by atoms with van der Waals surface area (Å²) in [6.45, 7) is 7.64. The fraction of sp³-hybridized carbons (Fsp3) is 0.238. The smallest absolute Gasteiger partial charge is 0.225 e. The second-order valence-electron chi connectivity index (χ2n) is 7.44. The summed E-state index contributed by atoms with van der Waals surface area (Å²) < 4.78 is 0. The van der Waals surface area contributed by atoms with Crippen molar-refractivity contribution in [3.63, 3.8) is 0 Å². The molecule has 0 saturated heterocycles. The number of carbonyl (C=O) groups is 1. The molecule has 0 aliphatic rings. The molecular weight excluding hydrogens is 352 g/mol. The number of benzene rings is 1. The van der Waals surface area contributed by atoms with E-state index in [9.17, 15) is 4.79 Å². The van der Waals surface area contributed by atoms with Crippen molar-refractivity contribution in [2.75, 3.05) is 16.0 Å². The van der Waals surface area contributed by atoms with Gasteiger partial charge < -0.3 is 16.0 Å². The Balaban J connectivity index is 1.90. The lowest BCUT2D eigenvalue weighted by Crippen LogP contribution is -2.27. The lowest BCUT2D eigenvalue weighted by Gasteiger charge is -2.21. The summed E-state index contributed by atoms with van der Waals surface area (Å²) >= 11 is 0. The van der Waals surface area contributed by atoms with Gasteiger partial charge in [0.2, 0.25) is 11.9 Å². The number of carbonyl (C=O) groups excluding carboxylic acids is 1. The van der Waals surface area contributed by atoms with Crippen LogP contribution in [0, 0.1) is 0 Å². The van der Waals surface area contributed by atoms with Gasteiger partial charge in [0.05, 0.1) is 11.4 Å². The Kier molecular flexibility index (Phi) is 5.54. The van der Waals surface area contributed by atoms with Crippen LogP contribution in [-0.4, -0.2) is 26.4 Å². The summed E-state index contributed by atoms with van der Waals surface area (Å²) in [4.78, 5) is 24.7. The highest BCUT2D eigenvalue weighted by molar-refractivity contribution is 5.88. The fourth-order valence-corrected chi connectivity index (χ4v) is 2.54. The van der Waals surface area contributed by atoms with Gasteiger partial charge in [0, 0.05) is 36.1 Å². The van der Waals surface area contributed by atoms with Gasteiger partial charge in [-0.1, -0.05) is 6.07 Å². The topological polar surface area (TPSA) is 91.8 Å². The van der Waals surface area contributed by atoms with Gasteiger partial charge in [-0.25, -0.2) is 4.98 Å². The van der Waals surface area contributed by atoms with E-state index in [2.05, 4.69) is 51.7 Å². The first-order valence-electron chi connectivity index (χ1n) is 9.02. The fourth-order valence-electron chi connectivity index (χ4n) is 2.54. The molecule has 1 amide bonds. The molecule has 144 valence electrons. The number of rotatable bonds is 5. The molecule has 0 aliphatic carbocycles. The summed E-state index contributed by atoms with van der Waals surface area (Å²) in [6, 6.07) is 15.0. The molecule has 1 aromatic carbocycles. The second kappa shape index (κ2) is 8.04. The molecule has 0 spiro atoms. The predicted molar refractivity (Wildman–Crippen MR) is 113 cm³/mol. The Hall–Kier alpha value is -3.48. The molecule has 7 heteroatoms. The molecule has 3 rings (SSSR count). The van der Waals surface area contributed by atoms with Gasteiger partial charge in [-0.15, -0.1) is 0 Å². The van der Waals surface area contributed by atoms with Crippen LogP contribution < -0.4 is 16.0 Å². The maximum absolute atomic E-state index is 11.2.